The molecule has 1 aliphatic carbocycles. The van der Waals surface area contributed by atoms with Gasteiger partial charge in [0.1, 0.15) is 5.75 Å². The van der Waals surface area contributed by atoms with E-state index in [2.05, 4.69) is 5.32 Å². The Labute approximate surface area is 115 Å². The van der Waals surface area contributed by atoms with Gasteiger partial charge < -0.3 is 11.1 Å². The molecular weight excluding hydrogens is 266 g/mol. The van der Waals surface area contributed by atoms with Crippen LogP contribution in [-0.2, 0) is 14.8 Å². The second-order valence-corrected chi connectivity index (χ2v) is 7.05. The highest BCUT2D eigenvalue weighted by molar-refractivity contribution is 7.89. The molecule has 6 nitrogen and oxygen atoms in total. The van der Waals surface area contributed by atoms with Gasteiger partial charge in [-0.1, -0.05) is 26.7 Å². The molecule has 1 amide bonds. The van der Waals surface area contributed by atoms with Crippen LogP contribution in [0, 0.1) is 0 Å². The summed E-state index contributed by atoms with van der Waals surface area (Å²) in [6.45, 7) is 4.65. The summed E-state index contributed by atoms with van der Waals surface area (Å²) in [4.78, 5) is 11.9. The van der Waals surface area contributed by atoms with Crippen LogP contribution in [-0.4, -0.2) is 49.6 Å². The van der Waals surface area contributed by atoms with Crippen molar-refractivity contribution in [1.29, 1.82) is 0 Å². The lowest BCUT2D eigenvalue weighted by atomic mass is 9.98. The van der Waals surface area contributed by atoms with E-state index < -0.39 is 27.2 Å². The Morgan fingerprint density at radius 1 is 1.26 bits per heavy atom. The first-order valence-corrected chi connectivity index (χ1v) is 8.49. The molecule has 1 rings (SSSR count). The number of rotatable bonds is 7. The predicted octanol–water partition coefficient (Wildman–Crippen LogP) is 0.0457. The third-order valence-corrected chi connectivity index (χ3v) is 5.70. The second-order valence-electron chi connectivity index (χ2n) is 5.08. The molecule has 0 spiro atoms. The van der Waals surface area contributed by atoms with Crippen molar-refractivity contribution < 1.29 is 13.2 Å². The van der Waals surface area contributed by atoms with Crippen molar-refractivity contribution in [2.24, 2.45) is 5.73 Å². The predicted molar refractivity (Wildman–Crippen MR) is 75.1 cm³/mol. The number of sulfonamides is 1. The Morgan fingerprint density at radius 2 is 1.79 bits per heavy atom. The van der Waals surface area contributed by atoms with Crippen molar-refractivity contribution in [3.63, 3.8) is 0 Å². The summed E-state index contributed by atoms with van der Waals surface area (Å²) in [6, 6.07) is 0. The summed E-state index contributed by atoms with van der Waals surface area (Å²) in [7, 11) is -3.52. The first kappa shape index (κ1) is 16.4. The third-order valence-electron chi connectivity index (χ3n) is 3.77. The fourth-order valence-electron chi connectivity index (χ4n) is 2.64. The monoisotopic (exact) mass is 291 g/mol. The highest BCUT2D eigenvalue weighted by Gasteiger charge is 2.35. The van der Waals surface area contributed by atoms with Gasteiger partial charge >= 0.3 is 0 Å². The summed E-state index contributed by atoms with van der Waals surface area (Å²) in [5, 5.41) is 2.83. The molecule has 1 saturated carbocycles. The Morgan fingerprint density at radius 3 is 2.21 bits per heavy atom. The molecule has 0 bridgehead atoms. The van der Waals surface area contributed by atoms with Crippen LogP contribution in [0.3, 0.4) is 0 Å². The fourth-order valence-corrected chi connectivity index (χ4v) is 4.01. The Hall–Kier alpha value is -0.660. The van der Waals surface area contributed by atoms with Crippen LogP contribution in [0.2, 0.25) is 0 Å². The lowest BCUT2D eigenvalue weighted by Gasteiger charge is -2.29. The maximum absolute atomic E-state index is 12.0. The maximum atomic E-state index is 12.0. The molecule has 7 heteroatoms. The number of hydrogen-bond acceptors (Lipinski definition) is 4. The summed E-state index contributed by atoms with van der Waals surface area (Å²) in [5.74, 6) is -0.935. The number of nitrogens with zero attached hydrogens (tertiary/aromatic N) is 1. The minimum absolute atomic E-state index is 0.365. The highest BCUT2D eigenvalue weighted by atomic mass is 32.2. The average molecular weight is 291 g/mol. The Bertz CT molecular complexity index is 398. The van der Waals surface area contributed by atoms with E-state index in [1.54, 1.807) is 13.8 Å². The average Bonchev–Trinajstić information content (AvgIpc) is 2.78. The first-order chi connectivity index (χ1) is 8.89. The zero-order chi connectivity index (χ0) is 14.5. The molecular formula is C12H25N3O3S. The number of nitrogens with two attached hydrogens (primary N) is 1. The van der Waals surface area contributed by atoms with Gasteiger partial charge in [-0.15, -0.1) is 0 Å². The van der Waals surface area contributed by atoms with Gasteiger partial charge in [0, 0.05) is 19.6 Å². The van der Waals surface area contributed by atoms with E-state index in [0.717, 1.165) is 25.7 Å². The number of carbonyl (C=O) groups excluding carboxylic acids is 1. The van der Waals surface area contributed by atoms with Gasteiger partial charge in [0.05, 0.1) is 5.54 Å². The summed E-state index contributed by atoms with van der Waals surface area (Å²) in [5.41, 5.74) is 5.33. The van der Waals surface area contributed by atoms with Crippen LogP contribution >= 0.6 is 0 Å². The molecule has 1 aliphatic rings. The van der Waals surface area contributed by atoms with Crippen LogP contribution < -0.4 is 11.1 Å². The summed E-state index contributed by atoms with van der Waals surface area (Å²) in [6.07, 6.45) is 3.72. The van der Waals surface area contributed by atoms with E-state index in [9.17, 15) is 13.2 Å². The van der Waals surface area contributed by atoms with Gasteiger partial charge in [-0.3, -0.25) is 4.79 Å². The molecule has 0 atom stereocenters. The van der Waals surface area contributed by atoms with Crippen molar-refractivity contribution in [3.8, 4) is 0 Å². The van der Waals surface area contributed by atoms with E-state index in [1.807, 2.05) is 0 Å². The normalized spacial score (nSPS) is 18.7. The van der Waals surface area contributed by atoms with Crippen molar-refractivity contribution in [2.75, 3.05) is 25.4 Å². The second kappa shape index (κ2) is 6.67. The minimum atomic E-state index is -3.52. The number of amides is 1. The van der Waals surface area contributed by atoms with E-state index in [0.29, 0.717) is 19.6 Å². The van der Waals surface area contributed by atoms with Crippen LogP contribution in [0.4, 0.5) is 0 Å². The van der Waals surface area contributed by atoms with Gasteiger partial charge in [0.2, 0.25) is 15.9 Å². The van der Waals surface area contributed by atoms with Crippen LogP contribution in [0.25, 0.3) is 0 Å². The van der Waals surface area contributed by atoms with Gasteiger partial charge in [0.15, 0.2) is 0 Å². The van der Waals surface area contributed by atoms with E-state index in [1.165, 1.54) is 4.31 Å². The first-order valence-electron chi connectivity index (χ1n) is 6.88. The molecule has 3 N–H and O–H groups in total. The number of carbonyl (C=O) groups is 1. The zero-order valence-electron chi connectivity index (χ0n) is 11.8. The molecule has 1 fully saturated rings. The lowest BCUT2D eigenvalue weighted by molar-refractivity contribution is -0.120. The van der Waals surface area contributed by atoms with Crippen LogP contribution in [0.15, 0.2) is 0 Å². The molecule has 112 valence electrons. The summed E-state index contributed by atoms with van der Waals surface area (Å²) >= 11 is 0. The minimum Gasteiger partial charge on any atom is -0.348 e. The fraction of sp³-hybridized carbons (Fsp3) is 0.917. The molecule has 0 aromatic carbocycles. The molecule has 0 saturated heterocycles. The molecule has 19 heavy (non-hydrogen) atoms. The van der Waals surface area contributed by atoms with E-state index in [4.69, 9.17) is 5.73 Å². The molecule has 0 aliphatic heterocycles. The van der Waals surface area contributed by atoms with Gasteiger partial charge in [-0.2, -0.15) is 0 Å². The highest BCUT2D eigenvalue weighted by Crippen LogP contribution is 2.28. The zero-order valence-corrected chi connectivity index (χ0v) is 12.6. The van der Waals surface area contributed by atoms with Crippen LogP contribution in [0.5, 0.6) is 0 Å². The van der Waals surface area contributed by atoms with E-state index >= 15 is 0 Å². The summed E-state index contributed by atoms with van der Waals surface area (Å²) < 4.78 is 25.3. The Balaban J connectivity index is 2.64. The molecule has 0 aromatic rings. The van der Waals surface area contributed by atoms with E-state index in [-0.39, 0.29) is 0 Å². The van der Waals surface area contributed by atoms with Crippen molar-refractivity contribution in [3.05, 3.63) is 0 Å². The molecule has 0 unspecified atom stereocenters. The smallest absolute Gasteiger partial charge is 0.237 e. The van der Waals surface area contributed by atoms with Gasteiger partial charge in [-0.05, 0) is 12.8 Å². The van der Waals surface area contributed by atoms with Crippen molar-refractivity contribution in [1.82, 2.24) is 9.62 Å². The SMILES string of the molecule is CCN(CC)S(=O)(=O)CC(=O)NC1(CN)CCCC1. The largest absolute Gasteiger partial charge is 0.348 e. The number of hydrogen-bond donors (Lipinski definition) is 2. The third kappa shape index (κ3) is 4.15. The van der Waals surface area contributed by atoms with Crippen molar-refractivity contribution >= 4 is 15.9 Å². The maximum Gasteiger partial charge on any atom is 0.237 e. The van der Waals surface area contributed by atoms with Crippen LogP contribution in [0.1, 0.15) is 39.5 Å². The molecule has 0 radical (unpaired) electrons. The standard InChI is InChI=1S/C12H25N3O3S/c1-3-15(4-2)19(17,18)9-11(16)14-12(10-13)7-5-6-8-12/h3-10,13H2,1-2H3,(H,14,16). The lowest BCUT2D eigenvalue weighted by Crippen LogP contribution is -2.53. The molecule has 0 heterocycles. The molecule has 0 aromatic heterocycles. The topological polar surface area (TPSA) is 92.5 Å². The quantitative estimate of drug-likeness (QED) is 0.693. The van der Waals surface area contributed by atoms with Crippen molar-refractivity contribution in [2.45, 2.75) is 45.1 Å². The van der Waals surface area contributed by atoms with Gasteiger partial charge in [0.25, 0.3) is 0 Å². The van der Waals surface area contributed by atoms with Gasteiger partial charge in [-0.25, -0.2) is 12.7 Å². The number of nitrogens with one attached hydrogen (secondary N) is 1. The Kier molecular flexibility index (Phi) is 5.76.